The van der Waals surface area contributed by atoms with Gasteiger partial charge in [0, 0.05) is 36.5 Å². The maximum Gasteiger partial charge on any atom is 0.389 e. The van der Waals surface area contributed by atoms with E-state index in [9.17, 15) is 22.8 Å². The molecule has 2 amide bonds. The zero-order valence-corrected chi connectivity index (χ0v) is 22.3. The Hall–Kier alpha value is -2.13. The Morgan fingerprint density at radius 2 is 1.87 bits per heavy atom. The maximum absolute atomic E-state index is 14.1. The van der Waals surface area contributed by atoms with E-state index in [4.69, 9.17) is 5.73 Å². The summed E-state index contributed by atoms with van der Waals surface area (Å²) in [5.41, 5.74) is 7.54. The van der Waals surface area contributed by atoms with Crippen molar-refractivity contribution in [2.75, 3.05) is 19.6 Å². The molecule has 0 bridgehead atoms. The van der Waals surface area contributed by atoms with Crippen LogP contribution in [-0.2, 0) is 9.59 Å². The molecule has 210 valence electrons. The van der Waals surface area contributed by atoms with Crippen LogP contribution in [0.1, 0.15) is 82.6 Å². The monoisotopic (exact) mass is 534 g/mol. The number of nitrogens with zero attached hydrogens (tertiary/aromatic N) is 3. The number of likely N-dealkylation sites (tertiary alicyclic amines) is 1. The summed E-state index contributed by atoms with van der Waals surface area (Å²) in [7, 11) is 0. The van der Waals surface area contributed by atoms with Gasteiger partial charge in [-0.2, -0.15) is 13.2 Å². The molecule has 4 aliphatic rings. The van der Waals surface area contributed by atoms with Crippen LogP contribution in [0.15, 0.2) is 30.3 Å². The van der Waals surface area contributed by atoms with Crippen molar-refractivity contribution in [2.24, 2.45) is 5.73 Å². The summed E-state index contributed by atoms with van der Waals surface area (Å²) in [4.78, 5) is 33.5. The van der Waals surface area contributed by atoms with E-state index in [1.165, 1.54) is 5.56 Å². The fourth-order valence-electron chi connectivity index (χ4n) is 7.34. The first-order chi connectivity index (χ1) is 18.1. The van der Waals surface area contributed by atoms with E-state index >= 15 is 0 Å². The van der Waals surface area contributed by atoms with Crippen molar-refractivity contribution in [3.05, 3.63) is 35.9 Å². The van der Waals surface area contributed by atoms with Gasteiger partial charge in [0.25, 0.3) is 0 Å². The van der Waals surface area contributed by atoms with Gasteiger partial charge in [0.1, 0.15) is 6.04 Å². The quantitative estimate of drug-likeness (QED) is 0.562. The average molecular weight is 535 g/mol. The smallest absolute Gasteiger partial charge is 0.335 e. The Labute approximate surface area is 223 Å². The van der Waals surface area contributed by atoms with Crippen molar-refractivity contribution < 1.29 is 22.8 Å². The molecule has 5 rings (SSSR count). The zero-order chi connectivity index (χ0) is 27.1. The van der Waals surface area contributed by atoms with Crippen LogP contribution in [0.5, 0.6) is 0 Å². The molecule has 0 aromatic heterocycles. The second-order valence-corrected chi connectivity index (χ2v) is 11.9. The van der Waals surface area contributed by atoms with E-state index in [0.717, 1.165) is 25.7 Å². The molecular weight excluding hydrogens is 493 g/mol. The molecule has 1 aromatic carbocycles. The van der Waals surface area contributed by atoms with E-state index < -0.39 is 24.7 Å². The van der Waals surface area contributed by atoms with Gasteiger partial charge in [0.05, 0.1) is 6.04 Å². The lowest BCUT2D eigenvalue weighted by Crippen LogP contribution is -2.57. The Morgan fingerprint density at radius 1 is 1.13 bits per heavy atom. The minimum Gasteiger partial charge on any atom is -0.335 e. The van der Waals surface area contributed by atoms with Gasteiger partial charge in [-0.1, -0.05) is 37.3 Å². The van der Waals surface area contributed by atoms with Gasteiger partial charge in [-0.25, -0.2) is 0 Å². The molecule has 38 heavy (non-hydrogen) atoms. The number of alkyl halides is 3. The van der Waals surface area contributed by atoms with Crippen molar-refractivity contribution in [1.82, 2.24) is 14.7 Å². The highest BCUT2D eigenvalue weighted by Gasteiger charge is 2.58. The fraction of sp³-hybridized carbons (Fsp3) is 0.724. The van der Waals surface area contributed by atoms with E-state index in [0.29, 0.717) is 51.2 Å². The van der Waals surface area contributed by atoms with E-state index in [-0.39, 0.29) is 35.9 Å². The highest BCUT2D eigenvalue weighted by atomic mass is 19.4. The summed E-state index contributed by atoms with van der Waals surface area (Å²) in [6, 6.07) is 9.13. The summed E-state index contributed by atoms with van der Waals surface area (Å²) >= 11 is 0. The molecule has 5 atom stereocenters. The molecule has 2 N–H and O–H groups in total. The third-order valence-corrected chi connectivity index (χ3v) is 9.51. The Morgan fingerprint density at radius 3 is 2.53 bits per heavy atom. The molecule has 6 nitrogen and oxygen atoms in total. The summed E-state index contributed by atoms with van der Waals surface area (Å²) in [6.07, 6.45) is 1.31. The molecule has 3 saturated heterocycles. The number of carbonyl (C=O) groups excluding carboxylic acids is 2. The van der Waals surface area contributed by atoms with Crippen molar-refractivity contribution in [1.29, 1.82) is 0 Å². The van der Waals surface area contributed by atoms with Crippen LogP contribution in [0.4, 0.5) is 13.2 Å². The zero-order valence-electron chi connectivity index (χ0n) is 22.3. The lowest BCUT2D eigenvalue weighted by molar-refractivity contribution is -0.148. The summed E-state index contributed by atoms with van der Waals surface area (Å²) < 4.78 is 38.3. The molecule has 3 aliphatic heterocycles. The van der Waals surface area contributed by atoms with Gasteiger partial charge in [-0.15, -0.1) is 0 Å². The first-order valence-corrected chi connectivity index (χ1v) is 14.4. The molecule has 3 heterocycles. The first kappa shape index (κ1) is 27.4. The molecule has 1 aliphatic carbocycles. The van der Waals surface area contributed by atoms with E-state index in [2.05, 4.69) is 21.9 Å². The number of halogens is 3. The largest absolute Gasteiger partial charge is 0.389 e. The lowest BCUT2D eigenvalue weighted by Gasteiger charge is -2.41. The van der Waals surface area contributed by atoms with Gasteiger partial charge in [0.2, 0.25) is 11.8 Å². The molecule has 1 saturated carbocycles. The van der Waals surface area contributed by atoms with Crippen LogP contribution in [0, 0.1) is 0 Å². The normalized spacial score (nSPS) is 31.0. The predicted octanol–water partition coefficient (Wildman–Crippen LogP) is 4.44. The highest BCUT2D eigenvalue weighted by molar-refractivity contribution is 5.91. The summed E-state index contributed by atoms with van der Waals surface area (Å²) in [5.74, 6) is 0.219. The molecule has 4 fully saturated rings. The number of benzene rings is 1. The Balaban J connectivity index is 1.30. The standard InChI is InChI=1S/C29H41F3N4O2/c1-2-34(16-6-13-29(30,31)32)22-9-11-24(33)26(37)36-23(17-22)10-12-25(36)27(38)35-19-21(18-28(35)14-15-28)20-7-4-3-5-8-20/h3-5,7-8,21-25H,2,6,9-19,33H2,1H3/t21-,22+,23-,24+,25+/m1/s1. The third-order valence-electron chi connectivity index (χ3n) is 9.51. The van der Waals surface area contributed by atoms with Crippen LogP contribution in [-0.4, -0.2) is 82.0 Å². The SMILES string of the molecule is CCN(CCCC(F)(F)F)[C@H]1CC[C@H](N)C(=O)N2[C@H](CC[C@H]2C(=O)N2C[C@H](c3ccccc3)CC23CC3)C1. The van der Waals surface area contributed by atoms with Crippen LogP contribution in [0.25, 0.3) is 0 Å². The van der Waals surface area contributed by atoms with Crippen molar-refractivity contribution in [3.63, 3.8) is 0 Å². The van der Waals surface area contributed by atoms with Crippen LogP contribution >= 0.6 is 0 Å². The van der Waals surface area contributed by atoms with Gasteiger partial charge >= 0.3 is 6.18 Å². The summed E-state index contributed by atoms with van der Waals surface area (Å²) in [6.45, 7) is 3.68. The van der Waals surface area contributed by atoms with Crippen molar-refractivity contribution in [3.8, 4) is 0 Å². The van der Waals surface area contributed by atoms with Crippen LogP contribution in [0.2, 0.25) is 0 Å². The van der Waals surface area contributed by atoms with Crippen LogP contribution in [0.3, 0.4) is 0 Å². The number of hydrogen-bond donors (Lipinski definition) is 1. The number of rotatable bonds is 7. The van der Waals surface area contributed by atoms with E-state index in [1.54, 1.807) is 4.90 Å². The first-order valence-electron chi connectivity index (χ1n) is 14.4. The number of nitrogens with two attached hydrogens (primary N) is 1. The molecule has 1 aromatic rings. The van der Waals surface area contributed by atoms with Crippen LogP contribution < -0.4 is 5.73 Å². The number of fused-ring (bicyclic) bond motifs is 1. The molecule has 0 radical (unpaired) electrons. The topological polar surface area (TPSA) is 69.9 Å². The molecular formula is C29H41F3N4O2. The van der Waals surface area contributed by atoms with Gasteiger partial charge in [-0.05, 0) is 76.4 Å². The minimum absolute atomic E-state index is 0.0535. The lowest BCUT2D eigenvalue weighted by atomic mass is 9.93. The minimum atomic E-state index is -4.15. The average Bonchev–Trinajstić information content (AvgIpc) is 3.38. The molecule has 1 spiro atoms. The summed E-state index contributed by atoms with van der Waals surface area (Å²) in [5, 5.41) is 0. The predicted molar refractivity (Wildman–Crippen MR) is 139 cm³/mol. The van der Waals surface area contributed by atoms with Crippen molar-refractivity contribution >= 4 is 11.8 Å². The maximum atomic E-state index is 14.1. The second kappa shape index (κ2) is 10.8. The number of carbonyl (C=O) groups is 2. The highest BCUT2D eigenvalue weighted by Crippen LogP contribution is 2.54. The van der Waals surface area contributed by atoms with Gasteiger partial charge < -0.3 is 20.4 Å². The third kappa shape index (κ3) is 5.60. The van der Waals surface area contributed by atoms with Gasteiger partial charge in [-0.3, -0.25) is 9.59 Å². The fourth-order valence-corrected chi connectivity index (χ4v) is 7.34. The Bertz CT molecular complexity index is 999. The van der Waals surface area contributed by atoms with Crippen molar-refractivity contribution in [2.45, 2.75) is 113 Å². The second-order valence-electron chi connectivity index (χ2n) is 11.9. The van der Waals surface area contributed by atoms with Gasteiger partial charge in [0.15, 0.2) is 0 Å². The molecule has 0 unspecified atom stereocenters. The Kier molecular flexibility index (Phi) is 7.80. The number of amides is 2. The van der Waals surface area contributed by atoms with E-state index in [1.807, 2.05) is 25.1 Å². The number of hydrogen-bond acceptors (Lipinski definition) is 4. The molecule has 9 heteroatoms.